The zero-order valence-corrected chi connectivity index (χ0v) is 6.02. The number of hydrogen-bond acceptors (Lipinski definition) is 3. The molecule has 1 aromatic rings. The minimum Gasteiger partial charge on any atom is -0.367 e. The van der Waals surface area contributed by atoms with Crippen molar-refractivity contribution in [1.82, 2.24) is 0 Å². The highest BCUT2D eigenvalue weighted by Crippen LogP contribution is 2.33. The Balaban J connectivity index is 2.29. The van der Waals surface area contributed by atoms with Gasteiger partial charge in [0.25, 0.3) is 0 Å². The molecule has 0 radical (unpaired) electrons. The van der Waals surface area contributed by atoms with Crippen molar-refractivity contribution in [3.8, 4) is 6.07 Å². The molecule has 0 amide bonds. The number of thiophene rings is 1. The molecule has 1 aliphatic heterocycles. The Morgan fingerprint density at radius 1 is 1.80 bits per heavy atom. The normalized spacial score (nSPS) is 22.1. The fourth-order valence-electron chi connectivity index (χ4n) is 0.793. The Labute approximate surface area is 62.7 Å². The lowest BCUT2D eigenvalue weighted by Gasteiger charge is -1.79. The molecule has 1 saturated heterocycles. The molecule has 1 aliphatic rings. The minimum atomic E-state index is 0.298. The van der Waals surface area contributed by atoms with E-state index in [-0.39, 0.29) is 0 Å². The average molecular weight is 151 g/mol. The third kappa shape index (κ3) is 0.919. The number of epoxide rings is 1. The third-order valence-electron chi connectivity index (χ3n) is 1.40. The summed E-state index contributed by atoms with van der Waals surface area (Å²) in [6.07, 6.45) is 0.298. The molecule has 2 nitrogen and oxygen atoms in total. The first kappa shape index (κ1) is 5.90. The van der Waals surface area contributed by atoms with Crippen LogP contribution in [0.25, 0.3) is 0 Å². The van der Waals surface area contributed by atoms with Crippen molar-refractivity contribution in [3.63, 3.8) is 0 Å². The number of rotatable bonds is 1. The van der Waals surface area contributed by atoms with E-state index in [1.807, 2.05) is 11.4 Å². The summed E-state index contributed by atoms with van der Waals surface area (Å²) in [6, 6.07) is 3.98. The fourth-order valence-corrected chi connectivity index (χ4v) is 1.66. The lowest BCUT2D eigenvalue weighted by molar-refractivity contribution is 0.418. The van der Waals surface area contributed by atoms with Gasteiger partial charge in [-0.2, -0.15) is 5.26 Å². The molecule has 0 bridgehead atoms. The van der Waals surface area contributed by atoms with Crippen LogP contribution in [0.2, 0.25) is 0 Å². The summed E-state index contributed by atoms with van der Waals surface area (Å²) in [5.74, 6) is 0. The molecule has 0 spiro atoms. The van der Waals surface area contributed by atoms with Crippen LogP contribution in [0.4, 0.5) is 0 Å². The van der Waals surface area contributed by atoms with Crippen LogP contribution in [0.5, 0.6) is 0 Å². The second kappa shape index (κ2) is 2.08. The number of nitriles is 1. The smallest absolute Gasteiger partial charge is 0.115 e. The van der Waals surface area contributed by atoms with E-state index in [1.54, 1.807) is 11.3 Å². The van der Waals surface area contributed by atoms with Crippen molar-refractivity contribution in [3.05, 3.63) is 21.9 Å². The van der Waals surface area contributed by atoms with E-state index in [2.05, 4.69) is 6.07 Å². The summed E-state index contributed by atoms with van der Waals surface area (Å²) in [4.78, 5) is 1.18. The first-order valence-electron chi connectivity index (χ1n) is 3.00. The predicted molar refractivity (Wildman–Crippen MR) is 37.7 cm³/mol. The first-order valence-corrected chi connectivity index (χ1v) is 3.88. The maximum atomic E-state index is 8.47. The van der Waals surface area contributed by atoms with E-state index in [4.69, 9.17) is 10.00 Å². The Bertz CT molecular complexity index is 282. The molecule has 0 N–H and O–H groups in total. The van der Waals surface area contributed by atoms with Crippen LogP contribution in [-0.2, 0) is 4.74 Å². The predicted octanol–water partition coefficient (Wildman–Crippen LogP) is 1.69. The second-order valence-electron chi connectivity index (χ2n) is 2.17. The van der Waals surface area contributed by atoms with E-state index in [0.717, 1.165) is 12.2 Å². The molecule has 1 fully saturated rings. The first-order chi connectivity index (χ1) is 4.90. The van der Waals surface area contributed by atoms with Gasteiger partial charge in [-0.05, 0) is 6.07 Å². The van der Waals surface area contributed by atoms with Gasteiger partial charge in [-0.1, -0.05) is 0 Å². The van der Waals surface area contributed by atoms with Gasteiger partial charge < -0.3 is 4.74 Å². The van der Waals surface area contributed by atoms with Gasteiger partial charge in [-0.25, -0.2) is 0 Å². The van der Waals surface area contributed by atoms with Gasteiger partial charge in [0, 0.05) is 10.3 Å². The van der Waals surface area contributed by atoms with Gasteiger partial charge >= 0.3 is 0 Å². The van der Waals surface area contributed by atoms with Crippen LogP contribution in [0.3, 0.4) is 0 Å². The van der Waals surface area contributed by atoms with Crippen LogP contribution in [0, 0.1) is 11.3 Å². The van der Waals surface area contributed by atoms with E-state index < -0.39 is 0 Å². The largest absolute Gasteiger partial charge is 0.367 e. The van der Waals surface area contributed by atoms with Crippen molar-refractivity contribution in [2.75, 3.05) is 6.61 Å². The van der Waals surface area contributed by atoms with Crippen LogP contribution in [0.1, 0.15) is 16.5 Å². The molecule has 0 aromatic carbocycles. The van der Waals surface area contributed by atoms with Gasteiger partial charge in [0.15, 0.2) is 0 Å². The molecular formula is C7H5NOS. The van der Waals surface area contributed by atoms with Crippen LogP contribution < -0.4 is 0 Å². The van der Waals surface area contributed by atoms with Crippen molar-refractivity contribution in [1.29, 1.82) is 5.26 Å². The summed E-state index contributed by atoms with van der Waals surface area (Å²) >= 11 is 1.60. The topological polar surface area (TPSA) is 36.3 Å². The highest BCUT2D eigenvalue weighted by atomic mass is 32.1. The van der Waals surface area contributed by atoms with E-state index >= 15 is 0 Å². The van der Waals surface area contributed by atoms with E-state index in [9.17, 15) is 0 Å². The Morgan fingerprint density at radius 2 is 2.60 bits per heavy atom. The molecule has 3 heteroatoms. The SMILES string of the molecule is N#Cc1csc(C2CO2)c1. The Kier molecular flexibility index (Phi) is 1.23. The summed E-state index contributed by atoms with van der Waals surface area (Å²) in [7, 11) is 0. The lowest BCUT2D eigenvalue weighted by atomic mass is 10.3. The summed E-state index contributed by atoms with van der Waals surface area (Å²) in [6.45, 7) is 0.825. The maximum Gasteiger partial charge on any atom is 0.115 e. The molecule has 10 heavy (non-hydrogen) atoms. The molecular weight excluding hydrogens is 146 g/mol. The standard InChI is InChI=1S/C7H5NOS/c8-2-5-1-7(10-4-5)6-3-9-6/h1,4,6H,3H2. The number of hydrogen-bond donors (Lipinski definition) is 0. The van der Waals surface area contributed by atoms with Crippen LogP contribution >= 0.6 is 11.3 Å². The van der Waals surface area contributed by atoms with Gasteiger partial charge in [-0.3, -0.25) is 0 Å². The van der Waals surface area contributed by atoms with E-state index in [1.165, 1.54) is 4.88 Å². The molecule has 50 valence electrons. The van der Waals surface area contributed by atoms with Crippen molar-refractivity contribution < 1.29 is 4.74 Å². The highest BCUT2D eigenvalue weighted by Gasteiger charge is 2.26. The van der Waals surface area contributed by atoms with Gasteiger partial charge in [-0.15, -0.1) is 11.3 Å². The summed E-state index contributed by atoms with van der Waals surface area (Å²) in [5.41, 5.74) is 0.746. The van der Waals surface area contributed by atoms with E-state index in [0.29, 0.717) is 6.10 Å². The molecule has 0 saturated carbocycles. The third-order valence-corrected chi connectivity index (χ3v) is 2.42. The number of ether oxygens (including phenoxy) is 1. The zero-order valence-electron chi connectivity index (χ0n) is 5.20. The summed E-state index contributed by atoms with van der Waals surface area (Å²) in [5, 5.41) is 10.3. The quantitative estimate of drug-likeness (QED) is 0.572. The van der Waals surface area contributed by atoms with Crippen LogP contribution in [0.15, 0.2) is 11.4 Å². The molecule has 1 aromatic heterocycles. The molecule has 1 atom stereocenters. The Morgan fingerprint density at radius 3 is 3.10 bits per heavy atom. The van der Waals surface area contributed by atoms with Crippen molar-refractivity contribution in [2.24, 2.45) is 0 Å². The van der Waals surface area contributed by atoms with Crippen LogP contribution in [-0.4, -0.2) is 6.61 Å². The lowest BCUT2D eigenvalue weighted by Crippen LogP contribution is -1.68. The number of nitrogens with zero attached hydrogens (tertiary/aromatic N) is 1. The average Bonchev–Trinajstić information content (AvgIpc) is 2.70. The Hall–Kier alpha value is -0.850. The van der Waals surface area contributed by atoms with Gasteiger partial charge in [0.05, 0.1) is 12.2 Å². The van der Waals surface area contributed by atoms with Crippen molar-refractivity contribution >= 4 is 11.3 Å². The minimum absolute atomic E-state index is 0.298. The molecule has 2 heterocycles. The summed E-state index contributed by atoms with van der Waals surface area (Å²) < 4.78 is 5.05. The maximum absolute atomic E-state index is 8.47. The van der Waals surface area contributed by atoms with Gasteiger partial charge in [0.2, 0.25) is 0 Å². The molecule has 1 unspecified atom stereocenters. The molecule has 0 aliphatic carbocycles. The zero-order chi connectivity index (χ0) is 6.97. The van der Waals surface area contributed by atoms with Crippen molar-refractivity contribution in [2.45, 2.75) is 6.10 Å². The molecule has 2 rings (SSSR count). The highest BCUT2D eigenvalue weighted by molar-refractivity contribution is 7.10. The fraction of sp³-hybridized carbons (Fsp3) is 0.286. The second-order valence-corrected chi connectivity index (χ2v) is 3.11. The van der Waals surface area contributed by atoms with Gasteiger partial charge in [0.1, 0.15) is 12.2 Å². The monoisotopic (exact) mass is 151 g/mol.